The highest BCUT2D eigenvalue weighted by Crippen LogP contribution is 2.39. The molecule has 30 heavy (non-hydrogen) atoms. The van der Waals surface area contributed by atoms with Gasteiger partial charge in [0.05, 0.1) is 0 Å². The summed E-state index contributed by atoms with van der Waals surface area (Å²) in [4.78, 5) is 14.0. The van der Waals surface area contributed by atoms with Crippen LogP contribution in [0, 0.1) is 0 Å². The molecule has 3 aliphatic heterocycles. The zero-order chi connectivity index (χ0) is 22.7. The molecule has 18 nitrogen and oxygen atoms in total. The molecule has 1 spiro atoms. The van der Waals surface area contributed by atoms with Crippen molar-refractivity contribution in [3.63, 3.8) is 0 Å². The van der Waals surface area contributed by atoms with Crippen LogP contribution in [-0.2, 0) is 29.6 Å². The van der Waals surface area contributed by atoms with E-state index in [0.717, 1.165) is 9.30 Å². The molecule has 3 heterocycles. The lowest BCUT2D eigenvalue weighted by Gasteiger charge is -2.40. The van der Waals surface area contributed by atoms with Crippen LogP contribution in [0.5, 0.6) is 0 Å². The van der Waals surface area contributed by atoms with E-state index >= 15 is 0 Å². The Morgan fingerprint density at radius 3 is 2.53 bits per heavy atom. The van der Waals surface area contributed by atoms with Gasteiger partial charge in [0.25, 0.3) is 11.4 Å². The summed E-state index contributed by atoms with van der Waals surface area (Å²) in [6.45, 7) is -1.26. The largest absolute Gasteiger partial charge is 0.731 e. The first-order valence-electron chi connectivity index (χ1n) is 7.90. The fraction of sp³-hybridized carbons (Fsp3) is 0.700. The monoisotopic (exact) mass is 475 g/mol. The zero-order valence-corrected chi connectivity index (χ0v) is 16.3. The van der Waals surface area contributed by atoms with Gasteiger partial charge >= 0.3 is 18.0 Å². The molecule has 3 aliphatic rings. The van der Waals surface area contributed by atoms with Gasteiger partial charge in [-0.25, -0.2) is 36.2 Å². The lowest BCUT2D eigenvalue weighted by molar-refractivity contribution is -0.674. The maximum absolute atomic E-state index is 11.4. The summed E-state index contributed by atoms with van der Waals surface area (Å²) in [7, 11) is -10.5. The molecule has 0 bridgehead atoms. The average Bonchev–Trinajstić information content (AvgIpc) is 2.99. The Hall–Kier alpha value is -2.49. The Bertz CT molecular complexity index is 1040. The van der Waals surface area contributed by atoms with Crippen molar-refractivity contribution in [1.29, 1.82) is 0 Å². The molecule has 1 amide bonds. The van der Waals surface area contributed by atoms with Gasteiger partial charge < -0.3 is 24.1 Å². The number of ether oxygens (including phenoxy) is 1. The first-order valence-corrected chi connectivity index (χ1v) is 10.6. The minimum absolute atomic E-state index is 0.226. The summed E-state index contributed by atoms with van der Waals surface area (Å²) in [5, 5.41) is 26.6. The molecule has 3 unspecified atom stereocenters. The molecule has 1 saturated heterocycles. The molecule has 20 heteroatoms. The van der Waals surface area contributed by atoms with E-state index in [1.54, 1.807) is 0 Å². The highest BCUT2D eigenvalue weighted by atomic mass is 32.3. The minimum atomic E-state index is -5.35. The highest BCUT2D eigenvalue weighted by molar-refractivity contribution is 7.84. The van der Waals surface area contributed by atoms with Gasteiger partial charge in [0.15, 0.2) is 22.4 Å². The first kappa shape index (κ1) is 22.2. The standard InChI is InChI=1S/C10H17N7O11S2/c11-6-14-5-3(2-27-8(18)16-29(21,22)23)13-7(12)17-1-4(28-30(24,25)26)10(19,20)9(5,17)15-6/h3-5,19-20H,1-2H2,(H8,11,12,13,14,15,16,18,21,22,23,24,25,26)/t3?,4-,5?,9?/m0/s1. The SMILES string of the molecule is NC1=[NH+]C2C(COC(=O)NS(=O)(=O)[O-])NC(N)=[N+]3C[C@H](OS(=O)(=O)[O-])C(O)(O)C23N1. The molecule has 0 aliphatic carbocycles. The minimum Gasteiger partial charge on any atom is -0.731 e. The van der Waals surface area contributed by atoms with Crippen LogP contribution >= 0.6 is 0 Å². The second kappa shape index (κ2) is 6.76. The summed E-state index contributed by atoms with van der Waals surface area (Å²) in [5.74, 6) is -3.60. The quantitative estimate of drug-likeness (QED) is 0.0792. The van der Waals surface area contributed by atoms with Crippen molar-refractivity contribution in [3.8, 4) is 0 Å². The van der Waals surface area contributed by atoms with E-state index in [1.807, 2.05) is 0 Å². The fourth-order valence-electron chi connectivity index (χ4n) is 3.73. The van der Waals surface area contributed by atoms with E-state index in [2.05, 4.69) is 24.5 Å². The van der Waals surface area contributed by atoms with Crippen molar-refractivity contribution in [1.82, 2.24) is 15.4 Å². The summed E-state index contributed by atoms with van der Waals surface area (Å²) in [6, 6.07) is -2.35. The molecular formula is C10H17N7O11S2. The van der Waals surface area contributed by atoms with Gasteiger partial charge in [0.2, 0.25) is 10.4 Å². The van der Waals surface area contributed by atoms with Crippen molar-refractivity contribution in [2.24, 2.45) is 11.5 Å². The zero-order valence-electron chi connectivity index (χ0n) is 14.6. The molecule has 0 saturated carbocycles. The van der Waals surface area contributed by atoms with Crippen molar-refractivity contribution >= 4 is 38.7 Å². The van der Waals surface area contributed by atoms with Crippen LogP contribution in [-0.4, -0.2) is 102 Å². The maximum Gasteiger partial charge on any atom is 0.420 e. The number of rotatable bonds is 5. The molecule has 0 aromatic rings. The number of hydrogen-bond acceptors (Lipinski definition) is 15. The Morgan fingerprint density at radius 1 is 1.33 bits per heavy atom. The molecule has 4 atom stereocenters. The molecule has 10 N–H and O–H groups in total. The fourth-order valence-corrected chi connectivity index (χ4v) is 4.48. The Kier molecular flexibility index (Phi) is 5.00. The Labute approximate surface area is 168 Å². The van der Waals surface area contributed by atoms with Gasteiger partial charge in [0.1, 0.15) is 19.2 Å². The average molecular weight is 475 g/mol. The van der Waals surface area contributed by atoms with Crippen molar-refractivity contribution in [2.45, 2.75) is 29.6 Å². The second-order valence-electron chi connectivity index (χ2n) is 6.55. The summed E-state index contributed by atoms with van der Waals surface area (Å²) in [6.07, 6.45) is -3.62. The number of carbonyl (C=O) groups excluding carboxylic acids is 1. The topological polar surface area (TPSA) is 295 Å². The van der Waals surface area contributed by atoms with Gasteiger partial charge in [-0.2, -0.15) is 0 Å². The highest BCUT2D eigenvalue weighted by Gasteiger charge is 2.78. The molecule has 0 aromatic carbocycles. The van der Waals surface area contributed by atoms with E-state index in [1.165, 1.54) is 0 Å². The van der Waals surface area contributed by atoms with E-state index in [0.29, 0.717) is 0 Å². The van der Waals surface area contributed by atoms with E-state index < -0.39 is 69.6 Å². The maximum atomic E-state index is 11.4. The molecule has 3 rings (SSSR count). The number of amides is 1. The molecular weight excluding hydrogens is 458 g/mol. The molecule has 170 valence electrons. The van der Waals surface area contributed by atoms with Crippen molar-refractivity contribution in [2.75, 3.05) is 13.2 Å². The lowest BCUT2D eigenvalue weighted by atomic mass is 9.86. The third-order valence-corrected chi connectivity index (χ3v) is 5.62. The van der Waals surface area contributed by atoms with Gasteiger partial charge in [-0.15, -0.1) is 0 Å². The Balaban J connectivity index is 1.93. The molecule has 1 fully saturated rings. The van der Waals surface area contributed by atoms with Gasteiger partial charge in [-0.3, -0.25) is 26.0 Å². The van der Waals surface area contributed by atoms with E-state index in [-0.39, 0.29) is 11.9 Å². The van der Waals surface area contributed by atoms with Gasteiger partial charge in [0, 0.05) is 0 Å². The van der Waals surface area contributed by atoms with Crippen LogP contribution in [0.2, 0.25) is 0 Å². The summed E-state index contributed by atoms with van der Waals surface area (Å²) < 4.78 is 75.6. The van der Waals surface area contributed by atoms with Crippen LogP contribution in [0.1, 0.15) is 0 Å². The number of carbonyl (C=O) groups is 1. The predicted octanol–water partition coefficient (Wildman–Crippen LogP) is -8.92. The van der Waals surface area contributed by atoms with Gasteiger partial charge in [-0.1, -0.05) is 0 Å². The predicted molar refractivity (Wildman–Crippen MR) is 87.0 cm³/mol. The Morgan fingerprint density at radius 2 is 1.97 bits per heavy atom. The van der Waals surface area contributed by atoms with E-state index in [9.17, 15) is 40.9 Å². The number of nitrogens with zero attached hydrogens (tertiary/aromatic N) is 1. The third kappa shape index (κ3) is 3.68. The number of aliphatic hydroxyl groups is 2. The van der Waals surface area contributed by atoms with Crippen LogP contribution in [0.4, 0.5) is 4.79 Å². The second-order valence-corrected chi connectivity index (χ2v) is 8.67. The van der Waals surface area contributed by atoms with E-state index in [4.69, 9.17) is 11.5 Å². The number of nitrogens with one attached hydrogen (secondary N) is 4. The normalized spacial score (nSPS) is 32.4. The molecule has 0 radical (unpaired) electrons. The lowest BCUT2D eigenvalue weighted by Crippen LogP contribution is -2.91. The van der Waals surface area contributed by atoms with Gasteiger partial charge in [-0.05, 0) is 0 Å². The van der Waals surface area contributed by atoms with Crippen LogP contribution in [0.15, 0.2) is 0 Å². The molecule has 0 aromatic heterocycles. The first-order chi connectivity index (χ1) is 13.6. The van der Waals surface area contributed by atoms with Crippen LogP contribution in [0.3, 0.4) is 0 Å². The smallest absolute Gasteiger partial charge is 0.420 e. The summed E-state index contributed by atoms with van der Waals surface area (Å²) >= 11 is 0. The number of nitrogens with two attached hydrogens (primary N) is 2. The summed E-state index contributed by atoms with van der Waals surface area (Å²) in [5.41, 5.74) is 9.46. The number of guanidine groups is 2. The van der Waals surface area contributed by atoms with Crippen LogP contribution in [0.25, 0.3) is 0 Å². The van der Waals surface area contributed by atoms with Crippen LogP contribution < -0.4 is 31.8 Å². The number of hydrogen-bond donors (Lipinski definition) is 8. The van der Waals surface area contributed by atoms with Crippen molar-refractivity contribution < 1.29 is 59.4 Å². The van der Waals surface area contributed by atoms with Crippen molar-refractivity contribution in [3.05, 3.63) is 0 Å². The third-order valence-electron chi connectivity index (χ3n) is 4.73.